The molecule has 0 aromatic heterocycles. The predicted octanol–water partition coefficient (Wildman–Crippen LogP) is -1.06. The molecule has 0 radical (unpaired) electrons. The second kappa shape index (κ2) is 4.01. The number of nitrogens with two attached hydrogens (primary N) is 2. The average Bonchev–Trinajstić information content (AvgIpc) is 1.86. The highest BCUT2D eigenvalue weighted by molar-refractivity contribution is 7.86. The van der Waals surface area contributed by atoms with Gasteiger partial charge in [-0.1, -0.05) is 6.92 Å². The van der Waals surface area contributed by atoms with Crippen LogP contribution < -0.4 is 11.5 Å². The van der Waals surface area contributed by atoms with Crippen LogP contribution >= 0.6 is 0 Å². The van der Waals surface area contributed by atoms with Crippen molar-refractivity contribution in [3.8, 4) is 0 Å². The fraction of sp³-hybridized carbons (Fsp3) is 1.00. The number of hydrogen-bond acceptors (Lipinski definition) is 4. The minimum atomic E-state index is -4.03. The molecule has 0 aliphatic rings. The summed E-state index contributed by atoms with van der Waals surface area (Å²) < 4.78 is 29.8. The quantitative estimate of drug-likeness (QED) is 0.480. The topological polar surface area (TPSA) is 106 Å². The third kappa shape index (κ3) is 3.15. The van der Waals surface area contributed by atoms with Crippen LogP contribution in [0.3, 0.4) is 0 Å². The molecule has 2 atom stereocenters. The van der Waals surface area contributed by atoms with E-state index in [1.807, 2.05) is 0 Å². The fourth-order valence-corrected chi connectivity index (χ4v) is 1.86. The first-order valence-corrected chi connectivity index (χ1v) is 4.85. The highest BCUT2D eigenvalue weighted by Gasteiger charge is 2.26. The van der Waals surface area contributed by atoms with Gasteiger partial charge in [0.15, 0.2) is 0 Å². The summed E-state index contributed by atoms with van der Waals surface area (Å²) >= 11 is 0. The summed E-state index contributed by atoms with van der Waals surface area (Å²) in [5.74, 6) is 0. The van der Waals surface area contributed by atoms with Crippen LogP contribution in [-0.4, -0.2) is 30.8 Å². The van der Waals surface area contributed by atoms with E-state index in [2.05, 4.69) is 0 Å². The maximum Gasteiger partial charge on any atom is 0.269 e. The van der Waals surface area contributed by atoms with Crippen LogP contribution in [0.1, 0.15) is 13.3 Å². The Bertz CT molecular complexity index is 202. The van der Waals surface area contributed by atoms with Crippen LogP contribution in [0, 0.1) is 0 Å². The Balaban J connectivity index is 4.42. The third-order valence-corrected chi connectivity index (χ3v) is 2.98. The second-order valence-electron chi connectivity index (χ2n) is 2.36. The Hall–Kier alpha value is -0.170. The van der Waals surface area contributed by atoms with E-state index >= 15 is 0 Å². The van der Waals surface area contributed by atoms with Gasteiger partial charge in [0.25, 0.3) is 10.1 Å². The minimum Gasteiger partial charge on any atom is -0.329 e. The molecule has 0 aliphatic carbocycles. The Morgan fingerprint density at radius 3 is 2.09 bits per heavy atom. The van der Waals surface area contributed by atoms with Gasteiger partial charge in [-0.15, -0.1) is 0 Å². The molecule has 0 saturated carbocycles. The summed E-state index contributed by atoms with van der Waals surface area (Å²) in [5, 5.41) is -0.938. The molecule has 5 nitrogen and oxygen atoms in total. The summed E-state index contributed by atoms with van der Waals surface area (Å²) in [6.45, 7) is 1.69. The van der Waals surface area contributed by atoms with E-state index in [0.29, 0.717) is 0 Å². The number of rotatable bonds is 4. The summed E-state index contributed by atoms with van der Waals surface area (Å²) in [6.07, 6.45) is 0.275. The Morgan fingerprint density at radius 1 is 1.55 bits per heavy atom. The molecule has 0 heterocycles. The zero-order chi connectivity index (χ0) is 9.07. The first kappa shape index (κ1) is 10.8. The van der Waals surface area contributed by atoms with Crippen LogP contribution in [0.4, 0.5) is 0 Å². The predicted molar refractivity (Wildman–Crippen MR) is 42.7 cm³/mol. The van der Waals surface area contributed by atoms with Crippen molar-refractivity contribution in [1.82, 2.24) is 0 Å². The molecule has 2 unspecified atom stereocenters. The lowest BCUT2D eigenvalue weighted by Crippen LogP contribution is -2.44. The second-order valence-corrected chi connectivity index (χ2v) is 4.00. The molecule has 0 bridgehead atoms. The largest absolute Gasteiger partial charge is 0.329 e. The van der Waals surface area contributed by atoms with Crippen LogP contribution in [0.5, 0.6) is 0 Å². The van der Waals surface area contributed by atoms with Gasteiger partial charge < -0.3 is 11.5 Å². The molecular weight excluding hydrogens is 168 g/mol. The smallest absolute Gasteiger partial charge is 0.269 e. The summed E-state index contributed by atoms with van der Waals surface area (Å²) in [5.41, 5.74) is 10.5. The monoisotopic (exact) mass is 182 g/mol. The van der Waals surface area contributed by atoms with Gasteiger partial charge in [0.2, 0.25) is 0 Å². The third-order valence-electron chi connectivity index (χ3n) is 1.53. The molecule has 0 aromatic carbocycles. The zero-order valence-corrected chi connectivity index (χ0v) is 7.21. The van der Waals surface area contributed by atoms with Crippen LogP contribution in [0.2, 0.25) is 0 Å². The molecule has 5 N–H and O–H groups in total. The van der Waals surface area contributed by atoms with Crippen molar-refractivity contribution in [2.75, 3.05) is 6.54 Å². The van der Waals surface area contributed by atoms with Gasteiger partial charge in [-0.3, -0.25) is 4.55 Å². The van der Waals surface area contributed by atoms with E-state index in [4.69, 9.17) is 16.0 Å². The van der Waals surface area contributed by atoms with Crippen LogP contribution in [0.25, 0.3) is 0 Å². The van der Waals surface area contributed by atoms with E-state index in [9.17, 15) is 8.42 Å². The summed E-state index contributed by atoms with van der Waals surface area (Å²) in [4.78, 5) is 0. The molecule has 68 valence electrons. The first-order valence-electron chi connectivity index (χ1n) is 3.35. The minimum absolute atomic E-state index is 0.0539. The number of hydrogen-bond donors (Lipinski definition) is 3. The molecule has 0 rings (SSSR count). The van der Waals surface area contributed by atoms with Crippen LogP contribution in [-0.2, 0) is 10.1 Å². The van der Waals surface area contributed by atoms with Gasteiger partial charge in [0, 0.05) is 12.6 Å². The van der Waals surface area contributed by atoms with Crippen molar-refractivity contribution in [3.63, 3.8) is 0 Å². The highest BCUT2D eigenvalue weighted by Crippen LogP contribution is 2.06. The molecule has 0 saturated heterocycles. The normalized spacial score (nSPS) is 17.8. The van der Waals surface area contributed by atoms with Crippen molar-refractivity contribution >= 4 is 10.1 Å². The van der Waals surface area contributed by atoms with E-state index in [1.54, 1.807) is 6.92 Å². The molecule has 0 amide bonds. The van der Waals surface area contributed by atoms with Gasteiger partial charge >= 0.3 is 0 Å². The lowest BCUT2D eigenvalue weighted by molar-refractivity contribution is 0.448. The zero-order valence-electron chi connectivity index (χ0n) is 6.40. The Kier molecular flexibility index (Phi) is 3.95. The molecule has 6 heteroatoms. The van der Waals surface area contributed by atoms with Gasteiger partial charge in [0.1, 0.15) is 5.25 Å². The van der Waals surface area contributed by atoms with E-state index in [1.165, 1.54) is 0 Å². The van der Waals surface area contributed by atoms with Crippen molar-refractivity contribution in [2.45, 2.75) is 24.6 Å². The van der Waals surface area contributed by atoms with Crippen molar-refractivity contribution < 1.29 is 13.0 Å². The maximum absolute atomic E-state index is 10.6. The molecular formula is C5H14N2O3S. The van der Waals surface area contributed by atoms with Crippen molar-refractivity contribution in [1.29, 1.82) is 0 Å². The molecule has 0 fully saturated rings. The van der Waals surface area contributed by atoms with E-state index in [0.717, 1.165) is 0 Å². The van der Waals surface area contributed by atoms with E-state index < -0.39 is 21.4 Å². The lowest BCUT2D eigenvalue weighted by Gasteiger charge is -2.17. The Morgan fingerprint density at radius 2 is 2.00 bits per heavy atom. The maximum atomic E-state index is 10.6. The molecule has 0 aliphatic heterocycles. The average molecular weight is 182 g/mol. The summed E-state index contributed by atoms with van der Waals surface area (Å²) in [6, 6.07) is -0.685. The lowest BCUT2D eigenvalue weighted by atomic mass is 10.2. The van der Waals surface area contributed by atoms with Crippen molar-refractivity contribution in [3.05, 3.63) is 0 Å². The Labute approximate surface area is 66.5 Å². The molecule has 11 heavy (non-hydrogen) atoms. The van der Waals surface area contributed by atoms with Crippen LogP contribution in [0.15, 0.2) is 0 Å². The van der Waals surface area contributed by atoms with Crippen molar-refractivity contribution in [2.24, 2.45) is 11.5 Å². The molecule has 0 spiro atoms. The van der Waals surface area contributed by atoms with Gasteiger partial charge in [-0.05, 0) is 6.42 Å². The highest BCUT2D eigenvalue weighted by atomic mass is 32.2. The fourth-order valence-electron chi connectivity index (χ4n) is 0.886. The SMILES string of the molecule is CCC(C(N)CN)S(=O)(=O)O. The van der Waals surface area contributed by atoms with Gasteiger partial charge in [-0.2, -0.15) is 8.42 Å². The standard InChI is InChI=1S/C5H14N2O3S/c1-2-5(4(7)3-6)11(8,9)10/h4-5H,2-3,6-7H2,1H3,(H,8,9,10). The first-order chi connectivity index (χ1) is 4.93. The van der Waals surface area contributed by atoms with E-state index in [-0.39, 0.29) is 13.0 Å². The molecule has 0 aromatic rings. The van der Waals surface area contributed by atoms with Gasteiger partial charge in [0.05, 0.1) is 0 Å². The summed E-state index contributed by atoms with van der Waals surface area (Å²) in [7, 11) is -4.03. The van der Waals surface area contributed by atoms with Gasteiger partial charge in [-0.25, -0.2) is 0 Å².